The standard InChI is InChI=1S/C11H15O2/c1-9-4-3-5-11(8-9)13-7-6-10(2)12/h3,5,8,10,12H,6-7H2,1-2H3/t10-/m1/s1. The molecule has 1 aromatic carbocycles. The van der Waals surface area contributed by atoms with Gasteiger partial charge in [-0.1, -0.05) is 6.07 Å². The second-order valence-corrected chi connectivity index (χ2v) is 3.19. The van der Waals surface area contributed by atoms with Crippen LogP contribution in [0.4, 0.5) is 0 Å². The molecule has 0 aliphatic heterocycles. The van der Waals surface area contributed by atoms with Gasteiger partial charge < -0.3 is 9.84 Å². The van der Waals surface area contributed by atoms with Gasteiger partial charge in [0.25, 0.3) is 0 Å². The van der Waals surface area contributed by atoms with Crippen LogP contribution in [0.15, 0.2) is 18.2 Å². The van der Waals surface area contributed by atoms with Crippen LogP contribution in [0, 0.1) is 13.0 Å². The van der Waals surface area contributed by atoms with Crippen molar-refractivity contribution in [2.45, 2.75) is 26.4 Å². The Bertz CT molecular complexity index is 256. The Labute approximate surface area is 79.2 Å². The number of aliphatic hydroxyl groups excluding tert-OH is 1. The monoisotopic (exact) mass is 179 g/mol. The van der Waals surface area contributed by atoms with Crippen LogP contribution in [-0.2, 0) is 0 Å². The van der Waals surface area contributed by atoms with Crippen molar-refractivity contribution >= 4 is 0 Å². The van der Waals surface area contributed by atoms with E-state index in [1.807, 2.05) is 25.1 Å². The molecule has 71 valence electrons. The molecule has 1 aromatic rings. The Morgan fingerprint density at radius 3 is 3.00 bits per heavy atom. The summed E-state index contributed by atoms with van der Waals surface area (Å²) >= 11 is 0. The zero-order valence-corrected chi connectivity index (χ0v) is 8.08. The smallest absolute Gasteiger partial charge is 0.119 e. The molecule has 0 unspecified atom stereocenters. The minimum atomic E-state index is -0.295. The van der Waals surface area contributed by atoms with Gasteiger partial charge in [-0.15, -0.1) is 0 Å². The van der Waals surface area contributed by atoms with Gasteiger partial charge in [-0.3, -0.25) is 0 Å². The molecule has 0 saturated carbocycles. The lowest BCUT2D eigenvalue weighted by molar-refractivity contribution is 0.155. The van der Waals surface area contributed by atoms with Crippen LogP contribution in [0.5, 0.6) is 5.75 Å². The van der Waals surface area contributed by atoms with E-state index >= 15 is 0 Å². The van der Waals surface area contributed by atoms with E-state index in [4.69, 9.17) is 9.84 Å². The number of ether oxygens (including phenoxy) is 1. The van der Waals surface area contributed by atoms with Crippen molar-refractivity contribution in [3.63, 3.8) is 0 Å². The summed E-state index contributed by atoms with van der Waals surface area (Å²) in [5.41, 5.74) is 1.06. The van der Waals surface area contributed by atoms with E-state index in [0.29, 0.717) is 13.0 Å². The summed E-state index contributed by atoms with van der Waals surface area (Å²) in [6.07, 6.45) is 0.369. The maximum atomic E-state index is 9.00. The van der Waals surface area contributed by atoms with E-state index in [2.05, 4.69) is 6.07 Å². The first-order valence-electron chi connectivity index (χ1n) is 4.47. The molecule has 2 nitrogen and oxygen atoms in total. The van der Waals surface area contributed by atoms with Gasteiger partial charge in [-0.05, 0) is 37.6 Å². The molecule has 0 heterocycles. The fraction of sp³-hybridized carbons (Fsp3) is 0.455. The lowest BCUT2D eigenvalue weighted by atomic mass is 10.2. The first-order valence-corrected chi connectivity index (χ1v) is 4.47. The maximum absolute atomic E-state index is 9.00. The molecule has 0 fully saturated rings. The van der Waals surface area contributed by atoms with Crippen molar-refractivity contribution in [1.29, 1.82) is 0 Å². The second-order valence-electron chi connectivity index (χ2n) is 3.19. The van der Waals surface area contributed by atoms with Gasteiger partial charge in [0, 0.05) is 6.42 Å². The molecule has 1 atom stereocenters. The summed E-state index contributed by atoms with van der Waals surface area (Å²) in [4.78, 5) is 0. The summed E-state index contributed by atoms with van der Waals surface area (Å²) in [6, 6.07) is 8.68. The highest BCUT2D eigenvalue weighted by Gasteiger charge is 1.97. The van der Waals surface area contributed by atoms with Gasteiger partial charge >= 0.3 is 0 Å². The Hall–Kier alpha value is -1.02. The molecule has 2 heteroatoms. The minimum Gasteiger partial charge on any atom is -0.493 e. The first-order chi connectivity index (χ1) is 6.18. The van der Waals surface area contributed by atoms with E-state index in [1.54, 1.807) is 6.92 Å². The SMILES string of the molecule is Cc1[c]ccc(OCC[C@@H](C)O)c1. The average Bonchev–Trinajstić information content (AvgIpc) is 2.03. The second kappa shape index (κ2) is 4.87. The molecular weight excluding hydrogens is 164 g/mol. The van der Waals surface area contributed by atoms with Crippen LogP contribution < -0.4 is 4.74 Å². The van der Waals surface area contributed by atoms with Crippen molar-refractivity contribution < 1.29 is 9.84 Å². The Morgan fingerprint density at radius 2 is 2.38 bits per heavy atom. The third-order valence-electron chi connectivity index (χ3n) is 1.72. The third-order valence-corrected chi connectivity index (χ3v) is 1.72. The summed E-state index contributed by atoms with van der Waals surface area (Å²) in [6.45, 7) is 4.29. The Kier molecular flexibility index (Phi) is 3.77. The molecule has 0 aliphatic carbocycles. The fourth-order valence-electron chi connectivity index (χ4n) is 0.996. The molecular formula is C11H15O2. The molecule has 0 spiro atoms. The predicted molar refractivity (Wildman–Crippen MR) is 51.8 cm³/mol. The van der Waals surface area contributed by atoms with Crippen molar-refractivity contribution in [2.75, 3.05) is 6.61 Å². The van der Waals surface area contributed by atoms with Crippen molar-refractivity contribution in [1.82, 2.24) is 0 Å². The number of rotatable bonds is 4. The highest BCUT2D eigenvalue weighted by atomic mass is 16.5. The van der Waals surface area contributed by atoms with Crippen LogP contribution in [-0.4, -0.2) is 17.8 Å². The van der Waals surface area contributed by atoms with Gasteiger partial charge in [0.1, 0.15) is 5.75 Å². The Balaban J connectivity index is 2.37. The third kappa shape index (κ3) is 3.95. The predicted octanol–water partition coefficient (Wildman–Crippen LogP) is 1.94. The summed E-state index contributed by atoms with van der Waals surface area (Å²) < 4.78 is 5.42. The van der Waals surface area contributed by atoms with Crippen molar-refractivity contribution in [3.05, 3.63) is 29.8 Å². The highest BCUT2D eigenvalue weighted by molar-refractivity contribution is 5.26. The molecule has 0 amide bonds. The normalized spacial score (nSPS) is 12.5. The van der Waals surface area contributed by atoms with Crippen LogP contribution in [0.1, 0.15) is 18.9 Å². The topological polar surface area (TPSA) is 29.5 Å². The van der Waals surface area contributed by atoms with Crippen LogP contribution >= 0.6 is 0 Å². The molecule has 0 aromatic heterocycles. The maximum Gasteiger partial charge on any atom is 0.119 e. The van der Waals surface area contributed by atoms with E-state index in [1.165, 1.54) is 0 Å². The number of hydrogen-bond acceptors (Lipinski definition) is 2. The molecule has 1 radical (unpaired) electrons. The minimum absolute atomic E-state index is 0.295. The fourth-order valence-corrected chi connectivity index (χ4v) is 0.996. The summed E-state index contributed by atoms with van der Waals surface area (Å²) in [5, 5.41) is 9.00. The quantitative estimate of drug-likeness (QED) is 0.765. The summed E-state index contributed by atoms with van der Waals surface area (Å²) in [7, 11) is 0. The van der Waals surface area contributed by atoms with E-state index in [9.17, 15) is 0 Å². The molecule has 1 rings (SSSR count). The molecule has 0 aliphatic rings. The van der Waals surface area contributed by atoms with Gasteiger partial charge in [0.15, 0.2) is 0 Å². The van der Waals surface area contributed by atoms with Crippen LogP contribution in [0.25, 0.3) is 0 Å². The van der Waals surface area contributed by atoms with Gasteiger partial charge in [-0.2, -0.15) is 0 Å². The summed E-state index contributed by atoms with van der Waals surface area (Å²) in [5.74, 6) is 0.844. The molecule has 0 bridgehead atoms. The number of benzene rings is 1. The number of hydrogen-bond donors (Lipinski definition) is 1. The van der Waals surface area contributed by atoms with Gasteiger partial charge in [0.05, 0.1) is 12.7 Å². The number of aryl methyl sites for hydroxylation is 1. The van der Waals surface area contributed by atoms with E-state index < -0.39 is 0 Å². The van der Waals surface area contributed by atoms with Crippen LogP contribution in [0.2, 0.25) is 0 Å². The molecule has 0 saturated heterocycles. The lowest BCUT2D eigenvalue weighted by Crippen LogP contribution is -2.07. The first kappa shape index (κ1) is 10.1. The molecule has 13 heavy (non-hydrogen) atoms. The highest BCUT2D eigenvalue weighted by Crippen LogP contribution is 2.12. The van der Waals surface area contributed by atoms with Crippen LogP contribution in [0.3, 0.4) is 0 Å². The van der Waals surface area contributed by atoms with Gasteiger partial charge in [0.2, 0.25) is 0 Å². The van der Waals surface area contributed by atoms with E-state index in [0.717, 1.165) is 11.3 Å². The zero-order chi connectivity index (χ0) is 9.68. The van der Waals surface area contributed by atoms with E-state index in [-0.39, 0.29) is 6.10 Å². The molecule has 1 N–H and O–H groups in total. The Morgan fingerprint density at radius 1 is 1.62 bits per heavy atom. The van der Waals surface area contributed by atoms with Crippen molar-refractivity contribution in [2.24, 2.45) is 0 Å². The zero-order valence-electron chi connectivity index (χ0n) is 8.08. The van der Waals surface area contributed by atoms with Gasteiger partial charge in [-0.25, -0.2) is 0 Å². The number of aliphatic hydroxyl groups is 1. The van der Waals surface area contributed by atoms with Crippen molar-refractivity contribution in [3.8, 4) is 5.75 Å². The average molecular weight is 179 g/mol. The largest absolute Gasteiger partial charge is 0.493 e. The lowest BCUT2D eigenvalue weighted by Gasteiger charge is -2.07.